The van der Waals surface area contributed by atoms with Gasteiger partial charge >= 0.3 is 12.1 Å². The first-order valence-corrected chi connectivity index (χ1v) is 12.1. The summed E-state index contributed by atoms with van der Waals surface area (Å²) < 4.78 is 10.8. The Morgan fingerprint density at radius 2 is 1.69 bits per heavy atom. The summed E-state index contributed by atoms with van der Waals surface area (Å²) in [5.74, 6) is -1.56. The molecule has 4 rings (SSSR count). The molecule has 2 aliphatic rings. The third-order valence-corrected chi connectivity index (χ3v) is 6.88. The molecule has 186 valence electrons. The van der Waals surface area contributed by atoms with Crippen molar-refractivity contribution in [3.8, 4) is 11.1 Å². The lowest BCUT2D eigenvalue weighted by molar-refractivity contribution is -0.149. The maximum Gasteiger partial charge on any atom is 0.407 e. The molecule has 2 aromatic carbocycles. The van der Waals surface area contributed by atoms with E-state index in [4.69, 9.17) is 9.47 Å². The molecule has 0 spiro atoms. The smallest absolute Gasteiger partial charge is 0.407 e. The summed E-state index contributed by atoms with van der Waals surface area (Å²) in [5, 5.41) is 14.8. The molecule has 35 heavy (non-hydrogen) atoms. The third-order valence-electron chi connectivity index (χ3n) is 6.88. The molecule has 0 aromatic heterocycles. The number of carbonyl (C=O) groups excluding carboxylic acids is 2. The molecule has 1 fully saturated rings. The number of ether oxygens (including phenoxy) is 2. The van der Waals surface area contributed by atoms with Crippen molar-refractivity contribution in [3.05, 3.63) is 59.7 Å². The highest BCUT2D eigenvalue weighted by Crippen LogP contribution is 2.44. The van der Waals surface area contributed by atoms with Crippen LogP contribution in [0.25, 0.3) is 11.1 Å². The van der Waals surface area contributed by atoms with Gasteiger partial charge in [-0.3, -0.25) is 4.79 Å². The van der Waals surface area contributed by atoms with Gasteiger partial charge in [0, 0.05) is 37.5 Å². The largest absolute Gasteiger partial charge is 0.479 e. The zero-order chi connectivity index (χ0) is 24.9. The van der Waals surface area contributed by atoms with Crippen LogP contribution in [-0.2, 0) is 19.1 Å². The Morgan fingerprint density at radius 3 is 2.29 bits per heavy atom. The van der Waals surface area contributed by atoms with E-state index >= 15 is 0 Å². The van der Waals surface area contributed by atoms with Crippen LogP contribution in [0.1, 0.15) is 43.7 Å². The van der Waals surface area contributed by atoms with Crippen LogP contribution in [0.5, 0.6) is 0 Å². The molecule has 8 nitrogen and oxygen atoms in total. The van der Waals surface area contributed by atoms with Crippen LogP contribution in [-0.4, -0.2) is 55.0 Å². The topological polar surface area (TPSA) is 114 Å². The minimum absolute atomic E-state index is 0.00261. The van der Waals surface area contributed by atoms with Crippen LogP contribution in [0.3, 0.4) is 0 Å². The van der Waals surface area contributed by atoms with Gasteiger partial charge in [-0.25, -0.2) is 9.59 Å². The number of benzene rings is 2. The van der Waals surface area contributed by atoms with Crippen molar-refractivity contribution in [2.75, 3.05) is 19.8 Å². The average molecular weight is 481 g/mol. The zero-order valence-corrected chi connectivity index (χ0v) is 20.0. The Hall–Kier alpha value is -3.39. The maximum absolute atomic E-state index is 12.7. The van der Waals surface area contributed by atoms with Gasteiger partial charge in [0.2, 0.25) is 5.91 Å². The second kappa shape index (κ2) is 10.9. The van der Waals surface area contributed by atoms with Crippen LogP contribution < -0.4 is 10.6 Å². The lowest BCUT2D eigenvalue weighted by Crippen LogP contribution is -2.44. The summed E-state index contributed by atoms with van der Waals surface area (Å²) in [6, 6.07) is 15.9. The molecule has 0 radical (unpaired) electrons. The van der Waals surface area contributed by atoms with E-state index in [0.717, 1.165) is 22.3 Å². The van der Waals surface area contributed by atoms with Crippen LogP contribution in [0, 0.1) is 11.8 Å². The number of carbonyl (C=O) groups is 3. The number of rotatable bonds is 9. The first-order valence-electron chi connectivity index (χ1n) is 12.1. The second-order valence-electron chi connectivity index (χ2n) is 9.51. The summed E-state index contributed by atoms with van der Waals surface area (Å²) in [5.41, 5.74) is 4.59. The lowest BCUT2D eigenvalue weighted by Gasteiger charge is -2.23. The molecule has 3 atom stereocenters. The van der Waals surface area contributed by atoms with Crippen molar-refractivity contribution in [2.24, 2.45) is 11.8 Å². The minimum atomic E-state index is -1.02. The summed E-state index contributed by atoms with van der Waals surface area (Å²) in [6.45, 7) is 4.65. The number of aliphatic carboxylic acids is 1. The number of carboxylic acid groups (broad SMARTS) is 1. The number of carboxylic acids is 1. The Kier molecular flexibility index (Phi) is 7.70. The first-order chi connectivity index (χ1) is 16.8. The van der Waals surface area contributed by atoms with Crippen LogP contribution in [0.2, 0.25) is 0 Å². The molecule has 1 saturated heterocycles. The third kappa shape index (κ3) is 5.65. The van der Waals surface area contributed by atoms with E-state index in [0.29, 0.717) is 13.0 Å². The number of amides is 2. The fourth-order valence-corrected chi connectivity index (χ4v) is 4.88. The summed E-state index contributed by atoms with van der Waals surface area (Å²) in [4.78, 5) is 36.4. The van der Waals surface area contributed by atoms with E-state index in [9.17, 15) is 19.5 Å². The van der Waals surface area contributed by atoms with Gasteiger partial charge in [-0.15, -0.1) is 0 Å². The Morgan fingerprint density at radius 1 is 1.06 bits per heavy atom. The van der Waals surface area contributed by atoms with Gasteiger partial charge in [0.05, 0.1) is 0 Å². The quantitative estimate of drug-likeness (QED) is 0.506. The van der Waals surface area contributed by atoms with Crippen molar-refractivity contribution < 1.29 is 29.0 Å². The van der Waals surface area contributed by atoms with E-state index in [1.807, 2.05) is 38.1 Å². The first kappa shape index (κ1) is 24.7. The molecule has 1 aliphatic heterocycles. The molecule has 2 aromatic rings. The van der Waals surface area contributed by atoms with Gasteiger partial charge in [-0.1, -0.05) is 62.4 Å². The summed E-state index contributed by atoms with van der Waals surface area (Å²) in [7, 11) is 0. The zero-order valence-electron chi connectivity index (χ0n) is 20.0. The number of alkyl carbamates (subject to hydrolysis) is 1. The Balaban J connectivity index is 1.30. The molecule has 0 bridgehead atoms. The Bertz CT molecular complexity index is 1040. The van der Waals surface area contributed by atoms with Gasteiger partial charge in [0.1, 0.15) is 6.61 Å². The SMILES string of the molecule is CC(C)[C@@H](CC(=O)NC[C@@H]1CCO[C@@H]1C(=O)O)NC(=O)OCC1c2ccccc2-c2ccccc21. The van der Waals surface area contributed by atoms with Crippen molar-refractivity contribution in [1.82, 2.24) is 10.6 Å². The maximum atomic E-state index is 12.7. The van der Waals surface area contributed by atoms with Crippen molar-refractivity contribution in [2.45, 2.75) is 44.8 Å². The minimum Gasteiger partial charge on any atom is -0.479 e. The monoisotopic (exact) mass is 480 g/mol. The molecular weight excluding hydrogens is 448 g/mol. The van der Waals surface area contributed by atoms with Gasteiger partial charge < -0.3 is 25.2 Å². The van der Waals surface area contributed by atoms with E-state index in [1.54, 1.807) is 0 Å². The Labute approximate surface area is 205 Å². The molecule has 0 unspecified atom stereocenters. The highest BCUT2D eigenvalue weighted by Gasteiger charge is 2.34. The van der Waals surface area contributed by atoms with E-state index in [2.05, 4.69) is 34.9 Å². The molecule has 1 aliphatic carbocycles. The van der Waals surface area contributed by atoms with Crippen molar-refractivity contribution >= 4 is 18.0 Å². The van der Waals surface area contributed by atoms with Crippen molar-refractivity contribution in [3.63, 3.8) is 0 Å². The highest BCUT2D eigenvalue weighted by molar-refractivity contribution is 5.80. The molecule has 3 N–H and O–H groups in total. The number of nitrogens with one attached hydrogen (secondary N) is 2. The van der Waals surface area contributed by atoms with Crippen LogP contribution in [0.15, 0.2) is 48.5 Å². The van der Waals surface area contributed by atoms with Crippen LogP contribution >= 0.6 is 0 Å². The van der Waals surface area contributed by atoms with Gasteiger partial charge in [0.15, 0.2) is 6.10 Å². The van der Waals surface area contributed by atoms with E-state index in [-0.39, 0.29) is 43.2 Å². The average Bonchev–Trinajstić information content (AvgIpc) is 3.44. The second-order valence-corrected chi connectivity index (χ2v) is 9.51. The predicted molar refractivity (Wildman–Crippen MR) is 130 cm³/mol. The molecule has 1 heterocycles. The number of fused-ring (bicyclic) bond motifs is 3. The standard InChI is InChI=1S/C27H32N2O6/c1-16(2)23(13-24(30)28-14-17-11-12-34-25(17)26(31)32)29-27(33)35-15-22-20-9-5-3-7-18(20)19-8-4-6-10-21(19)22/h3-10,16-17,22-23,25H,11-15H2,1-2H3,(H,28,30)(H,29,33)(H,31,32)/t17-,23+,25-/m0/s1. The number of hydrogen-bond acceptors (Lipinski definition) is 5. The molecule has 0 saturated carbocycles. The fraction of sp³-hybridized carbons (Fsp3) is 0.444. The highest BCUT2D eigenvalue weighted by atomic mass is 16.5. The van der Waals surface area contributed by atoms with E-state index < -0.39 is 24.2 Å². The molecule has 2 amide bonds. The van der Waals surface area contributed by atoms with Gasteiger partial charge in [-0.05, 0) is 34.6 Å². The predicted octanol–water partition coefficient (Wildman–Crippen LogP) is 3.55. The van der Waals surface area contributed by atoms with Crippen molar-refractivity contribution in [1.29, 1.82) is 0 Å². The molecular formula is C27H32N2O6. The van der Waals surface area contributed by atoms with E-state index in [1.165, 1.54) is 0 Å². The van der Waals surface area contributed by atoms with Gasteiger partial charge in [-0.2, -0.15) is 0 Å². The number of hydrogen-bond donors (Lipinski definition) is 3. The lowest BCUT2D eigenvalue weighted by atomic mass is 9.98. The fourth-order valence-electron chi connectivity index (χ4n) is 4.88. The molecule has 8 heteroatoms. The normalized spacial score (nSPS) is 19.6. The summed E-state index contributed by atoms with van der Waals surface area (Å²) in [6.07, 6.45) is -0.792. The van der Waals surface area contributed by atoms with Gasteiger partial charge in [0.25, 0.3) is 0 Å². The van der Waals surface area contributed by atoms with Crippen LogP contribution in [0.4, 0.5) is 4.79 Å². The summed E-state index contributed by atoms with van der Waals surface area (Å²) >= 11 is 0.